The summed E-state index contributed by atoms with van der Waals surface area (Å²) in [6.07, 6.45) is 3.31. The summed E-state index contributed by atoms with van der Waals surface area (Å²) < 4.78 is 0. The molecular weight excluding hydrogens is 170 g/mol. The maximum absolute atomic E-state index is 5.93. The molecule has 0 atom stereocenters. The highest BCUT2D eigenvalue weighted by Crippen LogP contribution is 2.38. The molecule has 0 saturated carbocycles. The predicted molar refractivity (Wildman–Crippen MR) is 62.0 cm³/mol. The van der Waals surface area contributed by atoms with Crippen LogP contribution in [0.5, 0.6) is 0 Å². The number of rotatable bonds is 0. The molecule has 0 aromatic heterocycles. The number of nitrogens with two attached hydrogens (primary N) is 1. The Morgan fingerprint density at radius 3 is 2.50 bits per heavy atom. The minimum atomic E-state index is 0.255. The Bertz CT molecular complexity index is 394. The van der Waals surface area contributed by atoms with Crippen molar-refractivity contribution in [1.29, 1.82) is 0 Å². The summed E-state index contributed by atoms with van der Waals surface area (Å²) in [6.45, 7) is 6.75. The van der Waals surface area contributed by atoms with Gasteiger partial charge < -0.3 is 5.73 Å². The molecule has 2 rings (SSSR count). The van der Waals surface area contributed by atoms with Crippen LogP contribution in [0.4, 0.5) is 5.69 Å². The van der Waals surface area contributed by atoms with E-state index in [-0.39, 0.29) is 5.41 Å². The van der Waals surface area contributed by atoms with E-state index < -0.39 is 0 Å². The fourth-order valence-corrected chi connectivity index (χ4v) is 1.88. The van der Waals surface area contributed by atoms with Crippen LogP contribution in [0.1, 0.15) is 31.9 Å². The van der Waals surface area contributed by atoms with Gasteiger partial charge in [-0.15, -0.1) is 0 Å². The van der Waals surface area contributed by atoms with Crippen molar-refractivity contribution >= 4 is 11.8 Å². The van der Waals surface area contributed by atoms with Gasteiger partial charge in [0.25, 0.3) is 0 Å². The molecule has 0 fully saturated rings. The van der Waals surface area contributed by atoms with Gasteiger partial charge in [-0.2, -0.15) is 0 Å². The number of allylic oxidation sites excluding steroid dienone is 1. The van der Waals surface area contributed by atoms with E-state index in [0.717, 1.165) is 12.1 Å². The molecule has 1 aliphatic rings. The average Bonchev–Trinajstić information content (AvgIpc) is 2.48. The van der Waals surface area contributed by atoms with E-state index in [0.29, 0.717) is 0 Å². The van der Waals surface area contributed by atoms with Crippen molar-refractivity contribution in [3.05, 3.63) is 34.9 Å². The van der Waals surface area contributed by atoms with Gasteiger partial charge in [0.1, 0.15) is 0 Å². The summed E-state index contributed by atoms with van der Waals surface area (Å²) in [5.74, 6) is 0. The van der Waals surface area contributed by atoms with Gasteiger partial charge in [0, 0.05) is 11.3 Å². The number of anilines is 1. The normalized spacial score (nSPS) is 15.2. The molecule has 0 aliphatic heterocycles. The maximum atomic E-state index is 5.93. The smallest absolute Gasteiger partial charge is 0.0390 e. The highest BCUT2D eigenvalue weighted by molar-refractivity contribution is 5.74. The second-order valence-corrected chi connectivity index (χ2v) is 5.02. The first kappa shape index (κ1) is 9.32. The molecule has 0 spiro atoms. The summed E-state index contributed by atoms with van der Waals surface area (Å²) in [6, 6.07) is 6.18. The van der Waals surface area contributed by atoms with Crippen molar-refractivity contribution in [2.24, 2.45) is 5.41 Å². The van der Waals surface area contributed by atoms with Crippen molar-refractivity contribution in [1.82, 2.24) is 0 Å². The lowest BCUT2D eigenvalue weighted by molar-refractivity contribution is 0.498. The zero-order chi connectivity index (χ0) is 10.3. The van der Waals surface area contributed by atoms with Gasteiger partial charge in [-0.3, -0.25) is 0 Å². The topological polar surface area (TPSA) is 26.0 Å². The summed E-state index contributed by atoms with van der Waals surface area (Å²) in [4.78, 5) is 0. The van der Waals surface area contributed by atoms with Crippen LogP contribution in [0.2, 0.25) is 0 Å². The van der Waals surface area contributed by atoms with Gasteiger partial charge in [0.2, 0.25) is 0 Å². The van der Waals surface area contributed by atoms with Crippen LogP contribution in [0.3, 0.4) is 0 Å². The molecule has 1 aromatic rings. The van der Waals surface area contributed by atoms with Gasteiger partial charge >= 0.3 is 0 Å². The lowest BCUT2D eigenvalue weighted by atomic mass is 9.85. The minimum absolute atomic E-state index is 0.255. The van der Waals surface area contributed by atoms with Gasteiger partial charge in [0.05, 0.1) is 0 Å². The summed E-state index contributed by atoms with van der Waals surface area (Å²) in [5.41, 5.74) is 11.2. The summed E-state index contributed by atoms with van der Waals surface area (Å²) in [7, 11) is 0. The standard InChI is InChI=1S/C13H17N/c1-13(2,3)10-7-9-5-4-6-12(14)11(9)8-10/h4-6,8H,7,14H2,1-3H3. The highest BCUT2D eigenvalue weighted by atomic mass is 14.6. The number of benzene rings is 1. The van der Waals surface area contributed by atoms with E-state index in [9.17, 15) is 0 Å². The van der Waals surface area contributed by atoms with E-state index in [4.69, 9.17) is 5.73 Å². The van der Waals surface area contributed by atoms with Crippen LogP contribution in [-0.2, 0) is 6.42 Å². The number of nitrogen functional groups attached to an aromatic ring is 1. The summed E-state index contributed by atoms with van der Waals surface area (Å²) in [5, 5.41) is 0. The third-order valence-electron chi connectivity index (χ3n) is 2.89. The zero-order valence-electron chi connectivity index (χ0n) is 9.09. The molecule has 0 saturated heterocycles. The Morgan fingerprint density at radius 2 is 1.93 bits per heavy atom. The van der Waals surface area contributed by atoms with Crippen LogP contribution < -0.4 is 5.73 Å². The molecule has 1 nitrogen and oxygen atoms in total. The quantitative estimate of drug-likeness (QED) is 0.620. The Hall–Kier alpha value is -1.24. The van der Waals surface area contributed by atoms with Gasteiger partial charge in [0.15, 0.2) is 0 Å². The molecule has 1 aliphatic carbocycles. The van der Waals surface area contributed by atoms with Crippen LogP contribution in [0, 0.1) is 5.41 Å². The monoisotopic (exact) mass is 187 g/mol. The van der Waals surface area contributed by atoms with Crippen molar-refractivity contribution in [2.75, 3.05) is 5.73 Å². The fourth-order valence-electron chi connectivity index (χ4n) is 1.88. The molecule has 0 radical (unpaired) electrons. The second-order valence-electron chi connectivity index (χ2n) is 5.02. The molecule has 1 heteroatoms. The Kier molecular flexibility index (Phi) is 1.91. The Labute approximate surface area is 85.6 Å². The molecule has 14 heavy (non-hydrogen) atoms. The highest BCUT2D eigenvalue weighted by Gasteiger charge is 2.23. The first-order valence-corrected chi connectivity index (χ1v) is 5.07. The first-order chi connectivity index (χ1) is 6.48. The average molecular weight is 187 g/mol. The van der Waals surface area contributed by atoms with E-state index in [1.807, 2.05) is 12.1 Å². The van der Waals surface area contributed by atoms with Gasteiger partial charge in [-0.05, 0) is 23.5 Å². The molecule has 1 aromatic carbocycles. The fraction of sp³-hybridized carbons (Fsp3) is 0.385. The first-order valence-electron chi connectivity index (χ1n) is 5.07. The number of hydrogen-bond acceptors (Lipinski definition) is 1. The van der Waals surface area contributed by atoms with Crippen molar-refractivity contribution in [3.63, 3.8) is 0 Å². The largest absolute Gasteiger partial charge is 0.398 e. The van der Waals surface area contributed by atoms with Gasteiger partial charge in [-0.25, -0.2) is 0 Å². The maximum Gasteiger partial charge on any atom is 0.0390 e. The molecule has 0 amide bonds. The Morgan fingerprint density at radius 1 is 1.21 bits per heavy atom. The lowest BCUT2D eigenvalue weighted by Crippen LogP contribution is -2.08. The van der Waals surface area contributed by atoms with E-state index in [2.05, 4.69) is 32.9 Å². The van der Waals surface area contributed by atoms with E-state index in [1.165, 1.54) is 16.7 Å². The molecule has 0 bridgehead atoms. The van der Waals surface area contributed by atoms with E-state index in [1.54, 1.807) is 0 Å². The lowest BCUT2D eigenvalue weighted by Gasteiger charge is -2.19. The molecule has 0 heterocycles. The van der Waals surface area contributed by atoms with Crippen LogP contribution in [-0.4, -0.2) is 0 Å². The van der Waals surface area contributed by atoms with Crippen molar-refractivity contribution in [3.8, 4) is 0 Å². The second kappa shape index (κ2) is 2.88. The molecule has 0 unspecified atom stereocenters. The summed E-state index contributed by atoms with van der Waals surface area (Å²) >= 11 is 0. The number of hydrogen-bond donors (Lipinski definition) is 1. The Balaban J connectivity index is 2.45. The molecule has 2 N–H and O–H groups in total. The third-order valence-corrected chi connectivity index (χ3v) is 2.89. The molecular formula is C13H17N. The van der Waals surface area contributed by atoms with Crippen molar-refractivity contribution < 1.29 is 0 Å². The van der Waals surface area contributed by atoms with Crippen molar-refractivity contribution in [2.45, 2.75) is 27.2 Å². The molecule has 74 valence electrons. The SMILES string of the molecule is CC(C)(C)C1=Cc2c(N)cccc2C1. The minimum Gasteiger partial charge on any atom is -0.398 e. The van der Waals surface area contributed by atoms with Gasteiger partial charge in [-0.1, -0.05) is 44.6 Å². The van der Waals surface area contributed by atoms with Crippen LogP contribution in [0.15, 0.2) is 23.8 Å². The van der Waals surface area contributed by atoms with Crippen LogP contribution >= 0.6 is 0 Å². The van der Waals surface area contributed by atoms with Crippen LogP contribution in [0.25, 0.3) is 6.08 Å². The third kappa shape index (κ3) is 1.43. The number of fused-ring (bicyclic) bond motifs is 1. The predicted octanol–water partition coefficient (Wildman–Crippen LogP) is 3.25. The van der Waals surface area contributed by atoms with E-state index >= 15 is 0 Å². The zero-order valence-corrected chi connectivity index (χ0v) is 9.09.